The van der Waals surface area contributed by atoms with Gasteiger partial charge < -0.3 is 9.80 Å². The molecule has 0 N–H and O–H groups in total. The van der Waals surface area contributed by atoms with Gasteiger partial charge in [0.05, 0.1) is 0 Å². The molecule has 7 heteroatoms. The first-order chi connectivity index (χ1) is 11.5. The summed E-state index contributed by atoms with van der Waals surface area (Å²) in [6, 6.07) is 6.34. The molecule has 1 saturated heterocycles. The van der Waals surface area contributed by atoms with Crippen molar-refractivity contribution in [3.63, 3.8) is 0 Å². The van der Waals surface area contributed by atoms with Crippen LogP contribution in [0.3, 0.4) is 0 Å². The van der Waals surface area contributed by atoms with Crippen molar-refractivity contribution in [3.8, 4) is 0 Å². The largest absolute Gasteiger partial charge is 0.355 e. The second-order valence-corrected chi connectivity index (χ2v) is 6.42. The van der Waals surface area contributed by atoms with Crippen LogP contribution in [0.2, 0.25) is 0 Å². The molecule has 1 fully saturated rings. The summed E-state index contributed by atoms with van der Waals surface area (Å²) in [5.74, 6) is -0.383. The van der Waals surface area contributed by atoms with Gasteiger partial charge in [0.1, 0.15) is 11.6 Å². The molecule has 3 heterocycles. The maximum absolute atomic E-state index is 13.9. The molecule has 0 amide bonds. The zero-order chi connectivity index (χ0) is 16.8. The summed E-state index contributed by atoms with van der Waals surface area (Å²) in [4.78, 5) is 20.3. The Morgan fingerprint density at radius 1 is 1.38 bits per heavy atom. The van der Waals surface area contributed by atoms with E-state index in [4.69, 9.17) is 0 Å². The molecular formula is C17H18F2N4O. The highest BCUT2D eigenvalue weighted by molar-refractivity contribution is 5.54. The molecule has 24 heavy (non-hydrogen) atoms. The predicted octanol–water partition coefficient (Wildman–Crippen LogP) is 2.14. The molecule has 0 spiro atoms. The van der Waals surface area contributed by atoms with E-state index >= 15 is 0 Å². The summed E-state index contributed by atoms with van der Waals surface area (Å²) in [5, 5.41) is 0. The molecule has 0 saturated carbocycles. The fraction of sp³-hybridized carbons (Fsp3) is 0.412. The molecule has 2 aliphatic heterocycles. The maximum Gasteiger partial charge on any atom is 0.351 e. The van der Waals surface area contributed by atoms with Gasteiger partial charge in [-0.1, -0.05) is 12.1 Å². The van der Waals surface area contributed by atoms with Crippen LogP contribution < -0.4 is 15.5 Å². The molecule has 5 nitrogen and oxygen atoms in total. The summed E-state index contributed by atoms with van der Waals surface area (Å²) < 4.78 is 28.9. The Morgan fingerprint density at radius 3 is 3.04 bits per heavy atom. The van der Waals surface area contributed by atoms with E-state index in [1.54, 1.807) is 16.5 Å². The fourth-order valence-electron chi connectivity index (χ4n) is 3.63. The first kappa shape index (κ1) is 15.1. The molecule has 1 aromatic heterocycles. The standard InChI is InChI=1S/C17H18F2N4O/c1-21(9-11-4-2-6-13(18)16(11)19)14-8-15-22-7-3-5-12(22)10-23(15)17(24)20-14/h2,4,6,8,12H,3,5,7,9-10H2,1H3. The van der Waals surface area contributed by atoms with E-state index in [2.05, 4.69) is 9.88 Å². The molecule has 1 aromatic carbocycles. The van der Waals surface area contributed by atoms with Crippen LogP contribution in [0.25, 0.3) is 0 Å². The van der Waals surface area contributed by atoms with Gasteiger partial charge in [0, 0.05) is 44.4 Å². The average molecular weight is 332 g/mol. The molecule has 0 radical (unpaired) electrons. The van der Waals surface area contributed by atoms with Crippen LogP contribution in [0.5, 0.6) is 0 Å². The fourth-order valence-corrected chi connectivity index (χ4v) is 3.63. The molecule has 126 valence electrons. The van der Waals surface area contributed by atoms with Crippen LogP contribution in [-0.4, -0.2) is 29.2 Å². The zero-order valence-corrected chi connectivity index (χ0v) is 13.4. The number of hydrogen-bond donors (Lipinski definition) is 0. The third kappa shape index (κ3) is 2.35. The van der Waals surface area contributed by atoms with Gasteiger partial charge in [-0.15, -0.1) is 0 Å². The molecule has 0 bridgehead atoms. The van der Waals surface area contributed by atoms with Gasteiger partial charge in [0.2, 0.25) is 0 Å². The zero-order valence-electron chi connectivity index (χ0n) is 13.4. The quantitative estimate of drug-likeness (QED) is 0.864. The lowest BCUT2D eigenvalue weighted by atomic mass is 10.2. The van der Waals surface area contributed by atoms with Gasteiger partial charge in [0.25, 0.3) is 0 Å². The second-order valence-electron chi connectivity index (χ2n) is 6.42. The van der Waals surface area contributed by atoms with Crippen LogP contribution in [0, 0.1) is 11.6 Å². The minimum absolute atomic E-state index is 0.142. The summed E-state index contributed by atoms with van der Waals surface area (Å²) >= 11 is 0. The number of fused-ring (bicyclic) bond motifs is 3. The Labute approximate surface area is 138 Å². The van der Waals surface area contributed by atoms with E-state index in [1.807, 2.05) is 6.07 Å². The molecule has 2 aliphatic rings. The van der Waals surface area contributed by atoms with Gasteiger partial charge in [-0.25, -0.2) is 13.6 Å². The summed E-state index contributed by atoms with van der Waals surface area (Å²) in [6.07, 6.45) is 2.21. The van der Waals surface area contributed by atoms with E-state index in [0.717, 1.165) is 31.3 Å². The normalized spacial score (nSPS) is 18.6. The Morgan fingerprint density at radius 2 is 2.21 bits per heavy atom. The number of benzene rings is 1. The summed E-state index contributed by atoms with van der Waals surface area (Å²) in [6.45, 7) is 1.77. The minimum Gasteiger partial charge on any atom is -0.355 e. The molecule has 1 unspecified atom stereocenters. The lowest BCUT2D eigenvalue weighted by Crippen LogP contribution is -2.27. The number of rotatable bonds is 3. The Kier molecular flexibility index (Phi) is 3.51. The highest BCUT2D eigenvalue weighted by atomic mass is 19.2. The average Bonchev–Trinajstić information content (AvgIpc) is 3.13. The Bertz CT molecular complexity index is 851. The van der Waals surface area contributed by atoms with Crippen molar-refractivity contribution in [2.45, 2.75) is 32.0 Å². The number of hydrogen-bond acceptors (Lipinski definition) is 4. The SMILES string of the molecule is CN(Cc1cccc(F)c1F)c1cc2n(c(=O)n1)CC1CCCN21. The van der Waals surface area contributed by atoms with Gasteiger partial charge in [-0.05, 0) is 18.9 Å². The van der Waals surface area contributed by atoms with Crippen LogP contribution in [0.15, 0.2) is 29.1 Å². The highest BCUT2D eigenvalue weighted by Gasteiger charge is 2.34. The first-order valence-electron chi connectivity index (χ1n) is 8.07. The summed E-state index contributed by atoms with van der Waals surface area (Å²) in [5.41, 5.74) is -0.0533. The second kappa shape index (κ2) is 5.58. The predicted molar refractivity (Wildman–Crippen MR) is 87.3 cm³/mol. The van der Waals surface area contributed by atoms with E-state index in [9.17, 15) is 13.6 Å². The van der Waals surface area contributed by atoms with Crippen LogP contribution >= 0.6 is 0 Å². The van der Waals surface area contributed by atoms with Crippen LogP contribution in [0.1, 0.15) is 18.4 Å². The number of nitrogens with zero attached hydrogens (tertiary/aromatic N) is 4. The molecule has 4 rings (SSSR count). The van der Waals surface area contributed by atoms with Gasteiger partial charge >= 0.3 is 5.69 Å². The van der Waals surface area contributed by atoms with E-state index in [1.165, 1.54) is 12.1 Å². The van der Waals surface area contributed by atoms with Crippen molar-refractivity contribution < 1.29 is 8.78 Å². The Balaban J connectivity index is 1.65. The van der Waals surface area contributed by atoms with E-state index in [0.29, 0.717) is 18.4 Å². The van der Waals surface area contributed by atoms with Gasteiger partial charge in [0.15, 0.2) is 11.6 Å². The van der Waals surface area contributed by atoms with Crippen molar-refractivity contribution in [1.29, 1.82) is 0 Å². The van der Waals surface area contributed by atoms with E-state index in [-0.39, 0.29) is 17.8 Å². The minimum atomic E-state index is -0.872. The van der Waals surface area contributed by atoms with E-state index < -0.39 is 11.6 Å². The highest BCUT2D eigenvalue weighted by Crippen LogP contribution is 2.33. The number of aromatic nitrogens is 2. The molecule has 1 atom stereocenters. The van der Waals surface area contributed by atoms with Crippen molar-refractivity contribution in [2.75, 3.05) is 23.4 Å². The van der Waals surface area contributed by atoms with Crippen molar-refractivity contribution in [3.05, 3.63) is 51.9 Å². The molecular weight excluding hydrogens is 314 g/mol. The molecule has 2 aromatic rings. The van der Waals surface area contributed by atoms with Crippen molar-refractivity contribution in [2.24, 2.45) is 0 Å². The van der Waals surface area contributed by atoms with Crippen molar-refractivity contribution in [1.82, 2.24) is 9.55 Å². The van der Waals surface area contributed by atoms with Crippen LogP contribution in [0.4, 0.5) is 20.4 Å². The Hall–Kier alpha value is -2.44. The monoisotopic (exact) mass is 332 g/mol. The van der Waals surface area contributed by atoms with Gasteiger partial charge in [-0.3, -0.25) is 4.57 Å². The van der Waals surface area contributed by atoms with Crippen molar-refractivity contribution >= 4 is 11.6 Å². The topological polar surface area (TPSA) is 41.4 Å². The smallest absolute Gasteiger partial charge is 0.351 e. The number of halogens is 2. The van der Waals surface area contributed by atoms with Gasteiger partial charge in [-0.2, -0.15) is 4.98 Å². The summed E-state index contributed by atoms with van der Waals surface area (Å²) in [7, 11) is 1.72. The third-order valence-corrected chi connectivity index (χ3v) is 4.87. The number of anilines is 2. The maximum atomic E-state index is 13.9. The third-order valence-electron chi connectivity index (χ3n) is 4.87. The lowest BCUT2D eigenvalue weighted by Gasteiger charge is -2.21. The van der Waals surface area contributed by atoms with Crippen LogP contribution in [-0.2, 0) is 13.1 Å². The lowest BCUT2D eigenvalue weighted by molar-refractivity contribution is 0.498. The molecule has 0 aliphatic carbocycles. The first-order valence-corrected chi connectivity index (χ1v) is 8.07.